The maximum Gasteiger partial charge on any atom is 0.293 e. The second-order valence-corrected chi connectivity index (χ2v) is 5.63. The summed E-state index contributed by atoms with van der Waals surface area (Å²) >= 11 is 0. The molecule has 1 aliphatic carbocycles. The van der Waals surface area contributed by atoms with E-state index >= 15 is 0 Å². The maximum absolute atomic E-state index is 12.3. The number of nitro groups is 1. The van der Waals surface area contributed by atoms with Gasteiger partial charge in [-0.1, -0.05) is 36.4 Å². The Bertz CT molecular complexity index is 728. The third-order valence-corrected chi connectivity index (χ3v) is 3.96. The molecule has 1 aliphatic rings. The third-order valence-electron chi connectivity index (χ3n) is 3.96. The zero-order chi connectivity index (χ0) is 15.7. The van der Waals surface area contributed by atoms with Crippen LogP contribution in [0.15, 0.2) is 48.5 Å². The monoisotopic (exact) mass is 296 g/mol. The van der Waals surface area contributed by atoms with Gasteiger partial charge >= 0.3 is 0 Å². The first-order valence-electron chi connectivity index (χ1n) is 7.17. The summed E-state index contributed by atoms with van der Waals surface area (Å²) in [7, 11) is 0. The quantitative estimate of drug-likeness (QED) is 0.691. The smallest absolute Gasteiger partial charge is 0.293 e. The second kappa shape index (κ2) is 5.60. The number of amides is 1. The number of nitro benzene ring substituents is 1. The molecule has 1 amide bonds. The van der Waals surface area contributed by atoms with Crippen molar-refractivity contribution in [3.63, 3.8) is 0 Å². The normalized spacial score (nSPS) is 19.5. The number of carbonyl (C=O) groups excluding carboxylic acids is 1. The van der Waals surface area contributed by atoms with E-state index < -0.39 is 4.92 Å². The molecular formula is C17H16N2O3. The Kier molecular flexibility index (Phi) is 3.63. The van der Waals surface area contributed by atoms with Crippen LogP contribution >= 0.6 is 0 Å². The van der Waals surface area contributed by atoms with Crippen molar-refractivity contribution in [2.24, 2.45) is 5.92 Å². The number of aryl methyl sites for hydroxylation is 1. The highest BCUT2D eigenvalue weighted by Gasteiger charge is 2.44. The summed E-state index contributed by atoms with van der Waals surface area (Å²) in [6.07, 6.45) is 0.787. The number of nitrogens with one attached hydrogen (secondary N) is 1. The van der Waals surface area contributed by atoms with Crippen LogP contribution in [0.4, 0.5) is 11.4 Å². The summed E-state index contributed by atoms with van der Waals surface area (Å²) in [4.78, 5) is 22.9. The molecule has 22 heavy (non-hydrogen) atoms. The maximum atomic E-state index is 12.3. The molecule has 0 bridgehead atoms. The SMILES string of the molecule is Cc1ccc(NC(=O)[C@H]2C[C@H]2c2ccccc2)c([N+](=O)[O-])c1. The van der Waals surface area contributed by atoms with Gasteiger partial charge in [-0.15, -0.1) is 0 Å². The van der Waals surface area contributed by atoms with Crippen molar-refractivity contribution in [3.05, 3.63) is 69.8 Å². The lowest BCUT2D eigenvalue weighted by atomic mass is 10.1. The minimum atomic E-state index is -0.468. The third kappa shape index (κ3) is 2.83. The molecule has 2 atom stereocenters. The van der Waals surface area contributed by atoms with Crippen LogP contribution in [0.5, 0.6) is 0 Å². The van der Waals surface area contributed by atoms with Gasteiger partial charge in [0.25, 0.3) is 5.69 Å². The standard InChI is InChI=1S/C17H16N2O3/c1-11-7-8-15(16(9-11)19(21)22)18-17(20)14-10-13(14)12-5-3-2-4-6-12/h2-9,13-14H,10H2,1H3,(H,18,20)/t13-,14-/m0/s1. The fraction of sp³-hybridized carbons (Fsp3) is 0.235. The van der Waals surface area contributed by atoms with Gasteiger partial charge in [0.1, 0.15) is 5.69 Å². The Morgan fingerprint density at radius 3 is 2.64 bits per heavy atom. The van der Waals surface area contributed by atoms with Crippen molar-refractivity contribution in [2.75, 3.05) is 5.32 Å². The van der Waals surface area contributed by atoms with E-state index in [1.807, 2.05) is 30.3 Å². The van der Waals surface area contributed by atoms with Crippen molar-refractivity contribution in [1.29, 1.82) is 0 Å². The number of rotatable bonds is 4. The van der Waals surface area contributed by atoms with Crippen LogP contribution in [0.1, 0.15) is 23.5 Å². The molecule has 0 spiro atoms. The highest BCUT2D eigenvalue weighted by molar-refractivity contribution is 5.97. The van der Waals surface area contributed by atoms with Gasteiger partial charge in [0, 0.05) is 12.0 Å². The Morgan fingerprint density at radius 2 is 1.95 bits per heavy atom. The van der Waals surface area contributed by atoms with Crippen LogP contribution in [0.3, 0.4) is 0 Å². The molecule has 1 fully saturated rings. The Balaban J connectivity index is 1.73. The fourth-order valence-corrected chi connectivity index (χ4v) is 2.68. The van der Waals surface area contributed by atoms with Crippen LogP contribution in [0.2, 0.25) is 0 Å². The van der Waals surface area contributed by atoms with Crippen molar-refractivity contribution in [2.45, 2.75) is 19.3 Å². The van der Waals surface area contributed by atoms with Crippen LogP contribution in [-0.4, -0.2) is 10.8 Å². The number of benzene rings is 2. The van der Waals surface area contributed by atoms with E-state index in [0.29, 0.717) is 0 Å². The molecular weight excluding hydrogens is 280 g/mol. The molecule has 0 heterocycles. The van der Waals surface area contributed by atoms with Crippen LogP contribution in [0.25, 0.3) is 0 Å². The van der Waals surface area contributed by atoms with Gasteiger partial charge in [-0.05, 0) is 36.5 Å². The topological polar surface area (TPSA) is 72.2 Å². The Morgan fingerprint density at radius 1 is 1.23 bits per heavy atom. The van der Waals surface area contributed by atoms with E-state index in [9.17, 15) is 14.9 Å². The minimum absolute atomic E-state index is 0.0646. The van der Waals surface area contributed by atoms with Crippen molar-refractivity contribution >= 4 is 17.3 Å². The van der Waals surface area contributed by atoms with E-state index in [1.54, 1.807) is 19.1 Å². The lowest BCUT2D eigenvalue weighted by Crippen LogP contribution is -2.15. The first kappa shape index (κ1) is 14.3. The van der Waals surface area contributed by atoms with Gasteiger partial charge in [-0.25, -0.2) is 0 Å². The number of nitrogens with zero attached hydrogens (tertiary/aromatic N) is 1. The zero-order valence-corrected chi connectivity index (χ0v) is 12.2. The average molecular weight is 296 g/mol. The van der Waals surface area contributed by atoms with Gasteiger partial charge in [-0.3, -0.25) is 14.9 Å². The predicted octanol–water partition coefficient (Wildman–Crippen LogP) is 3.65. The summed E-state index contributed by atoms with van der Waals surface area (Å²) in [6, 6.07) is 14.7. The molecule has 1 N–H and O–H groups in total. The summed E-state index contributed by atoms with van der Waals surface area (Å²) < 4.78 is 0. The largest absolute Gasteiger partial charge is 0.320 e. The molecule has 112 valence electrons. The molecule has 0 aromatic heterocycles. The highest BCUT2D eigenvalue weighted by Crippen LogP contribution is 2.48. The van der Waals surface area contributed by atoms with Gasteiger partial charge in [0.05, 0.1) is 4.92 Å². The Labute approximate surface area is 128 Å². The molecule has 5 heteroatoms. The number of anilines is 1. The Hall–Kier alpha value is -2.69. The molecule has 0 aliphatic heterocycles. The molecule has 0 radical (unpaired) electrons. The van der Waals surface area contributed by atoms with E-state index in [2.05, 4.69) is 5.32 Å². The summed E-state index contributed by atoms with van der Waals surface area (Å²) in [5.74, 6) is -0.0465. The van der Waals surface area contributed by atoms with Gasteiger partial charge in [-0.2, -0.15) is 0 Å². The first-order chi connectivity index (χ1) is 10.6. The van der Waals surface area contributed by atoms with Gasteiger partial charge < -0.3 is 5.32 Å². The molecule has 0 unspecified atom stereocenters. The summed E-state index contributed by atoms with van der Waals surface area (Å²) in [5, 5.41) is 13.8. The average Bonchev–Trinajstić information content (AvgIpc) is 3.30. The molecule has 5 nitrogen and oxygen atoms in total. The molecule has 2 aromatic carbocycles. The van der Waals surface area contributed by atoms with Crippen LogP contribution in [0, 0.1) is 23.0 Å². The molecule has 2 aromatic rings. The first-order valence-corrected chi connectivity index (χ1v) is 7.17. The molecule has 3 rings (SSSR count). The zero-order valence-electron chi connectivity index (χ0n) is 12.2. The summed E-state index contributed by atoms with van der Waals surface area (Å²) in [5.41, 5.74) is 2.13. The summed E-state index contributed by atoms with van der Waals surface area (Å²) in [6.45, 7) is 1.78. The predicted molar refractivity (Wildman–Crippen MR) is 83.8 cm³/mol. The fourth-order valence-electron chi connectivity index (χ4n) is 2.68. The molecule has 0 saturated heterocycles. The number of hydrogen-bond donors (Lipinski definition) is 1. The van der Waals surface area contributed by atoms with Gasteiger partial charge in [0.2, 0.25) is 5.91 Å². The lowest BCUT2D eigenvalue weighted by Gasteiger charge is -2.06. The van der Waals surface area contributed by atoms with E-state index in [0.717, 1.165) is 17.5 Å². The molecule has 1 saturated carbocycles. The van der Waals surface area contributed by atoms with E-state index in [1.165, 1.54) is 6.07 Å². The highest BCUT2D eigenvalue weighted by atomic mass is 16.6. The van der Waals surface area contributed by atoms with Crippen LogP contribution in [-0.2, 0) is 4.79 Å². The van der Waals surface area contributed by atoms with E-state index in [4.69, 9.17) is 0 Å². The number of carbonyl (C=O) groups is 1. The van der Waals surface area contributed by atoms with Crippen LogP contribution < -0.4 is 5.32 Å². The van der Waals surface area contributed by atoms with E-state index in [-0.39, 0.29) is 29.1 Å². The number of hydrogen-bond acceptors (Lipinski definition) is 3. The second-order valence-electron chi connectivity index (χ2n) is 5.63. The lowest BCUT2D eigenvalue weighted by molar-refractivity contribution is -0.384. The minimum Gasteiger partial charge on any atom is -0.320 e. The van der Waals surface area contributed by atoms with Crippen molar-refractivity contribution in [3.8, 4) is 0 Å². The van der Waals surface area contributed by atoms with Crippen molar-refractivity contribution in [1.82, 2.24) is 0 Å². The van der Waals surface area contributed by atoms with Crippen molar-refractivity contribution < 1.29 is 9.72 Å². The van der Waals surface area contributed by atoms with Gasteiger partial charge in [0.15, 0.2) is 0 Å².